The minimum absolute atomic E-state index is 0.0909. The first-order valence-corrected chi connectivity index (χ1v) is 9.11. The molecule has 1 atom stereocenters. The van der Waals surface area contributed by atoms with Crippen LogP contribution in [0, 0.1) is 17.0 Å². The number of piperidine rings is 1. The van der Waals surface area contributed by atoms with E-state index in [1.807, 2.05) is 11.9 Å². The van der Waals surface area contributed by atoms with Crippen molar-refractivity contribution < 1.29 is 18.4 Å². The van der Waals surface area contributed by atoms with Gasteiger partial charge in [0.25, 0.3) is 0 Å². The lowest BCUT2D eigenvalue weighted by atomic mass is 9.74. The normalized spacial score (nSPS) is 22.2. The molecule has 0 radical (unpaired) electrons. The lowest BCUT2D eigenvalue weighted by molar-refractivity contribution is -0.134. The van der Waals surface area contributed by atoms with Crippen molar-refractivity contribution in [3.63, 3.8) is 0 Å². The van der Waals surface area contributed by atoms with E-state index in [0.29, 0.717) is 5.69 Å². The maximum absolute atomic E-state index is 14.6. The summed E-state index contributed by atoms with van der Waals surface area (Å²) in [5.41, 5.74) is 0.443. The van der Waals surface area contributed by atoms with Crippen molar-refractivity contribution in [2.24, 2.45) is 5.41 Å². The number of hydrogen-bond acceptors (Lipinski definition) is 4. The summed E-state index contributed by atoms with van der Waals surface area (Å²) in [5, 5.41) is 5.30. The number of imide groups is 1. The van der Waals surface area contributed by atoms with Crippen molar-refractivity contribution in [2.75, 3.05) is 31.6 Å². The number of rotatable bonds is 6. The Morgan fingerprint density at radius 2 is 1.92 bits per heavy atom. The van der Waals surface area contributed by atoms with Gasteiger partial charge in [0.2, 0.25) is 11.8 Å². The Balaban J connectivity index is 1.76. The number of carbonyl (C=O) groups excluding carboxylic acids is 2. The van der Waals surface area contributed by atoms with Gasteiger partial charge < -0.3 is 10.2 Å². The third-order valence-electron chi connectivity index (χ3n) is 5.72. The second-order valence-corrected chi connectivity index (χ2v) is 7.39. The molecule has 2 fully saturated rings. The summed E-state index contributed by atoms with van der Waals surface area (Å²) in [6.07, 6.45) is 2.26. The van der Waals surface area contributed by atoms with Crippen LogP contribution in [0.25, 0.3) is 0 Å². The Morgan fingerprint density at radius 1 is 1.27 bits per heavy atom. The molecule has 142 valence electrons. The molecule has 1 aromatic rings. The molecule has 0 aromatic heterocycles. The number of halogens is 2. The van der Waals surface area contributed by atoms with Crippen LogP contribution in [-0.4, -0.2) is 38.5 Å². The van der Waals surface area contributed by atoms with Crippen molar-refractivity contribution in [1.82, 2.24) is 10.6 Å². The fraction of sp³-hybridized carbons (Fsp3) is 0.579. The molecule has 0 aliphatic carbocycles. The molecule has 3 rings (SSSR count). The van der Waals surface area contributed by atoms with E-state index in [4.69, 9.17) is 0 Å². The van der Waals surface area contributed by atoms with Gasteiger partial charge in [0.05, 0.1) is 5.92 Å². The summed E-state index contributed by atoms with van der Waals surface area (Å²) in [5.74, 6) is -3.43. The molecule has 0 saturated carbocycles. The van der Waals surface area contributed by atoms with Crippen LogP contribution in [0.15, 0.2) is 12.1 Å². The molecule has 2 aliphatic heterocycles. The van der Waals surface area contributed by atoms with Gasteiger partial charge in [0.15, 0.2) is 0 Å². The van der Waals surface area contributed by atoms with Gasteiger partial charge in [-0.3, -0.25) is 14.9 Å². The van der Waals surface area contributed by atoms with Crippen molar-refractivity contribution in [1.29, 1.82) is 0 Å². The molecule has 5 nitrogen and oxygen atoms in total. The number of nitrogens with zero attached hydrogens (tertiary/aromatic N) is 1. The number of nitrogens with one attached hydrogen (secondary N) is 2. The summed E-state index contributed by atoms with van der Waals surface area (Å²) in [4.78, 5) is 25.2. The molecule has 0 bridgehead atoms. The van der Waals surface area contributed by atoms with Crippen LogP contribution in [0.3, 0.4) is 0 Å². The highest BCUT2D eigenvalue weighted by Gasteiger charge is 2.41. The minimum Gasteiger partial charge on any atom is -0.370 e. The van der Waals surface area contributed by atoms with Gasteiger partial charge in [0, 0.05) is 36.2 Å². The average Bonchev–Trinajstić information content (AvgIpc) is 2.55. The molecule has 2 aliphatic rings. The van der Waals surface area contributed by atoms with E-state index in [1.54, 1.807) is 0 Å². The van der Waals surface area contributed by atoms with E-state index in [2.05, 4.69) is 17.6 Å². The zero-order valence-electron chi connectivity index (χ0n) is 15.2. The van der Waals surface area contributed by atoms with Crippen LogP contribution < -0.4 is 15.5 Å². The van der Waals surface area contributed by atoms with Crippen molar-refractivity contribution >= 4 is 17.5 Å². The third kappa shape index (κ3) is 3.45. The van der Waals surface area contributed by atoms with Crippen LogP contribution in [0.1, 0.15) is 44.1 Å². The molecule has 2 saturated heterocycles. The van der Waals surface area contributed by atoms with Crippen molar-refractivity contribution in [3.8, 4) is 0 Å². The predicted octanol–water partition coefficient (Wildman–Crippen LogP) is 2.31. The number of hydrogen-bond donors (Lipinski definition) is 2. The van der Waals surface area contributed by atoms with Gasteiger partial charge in [-0.05, 0) is 45.0 Å². The van der Waals surface area contributed by atoms with Gasteiger partial charge in [-0.1, -0.05) is 6.92 Å². The molecule has 1 unspecified atom stereocenters. The molecule has 2 amide bonds. The molecule has 1 aromatic carbocycles. The van der Waals surface area contributed by atoms with Crippen LogP contribution in [-0.2, 0) is 9.59 Å². The highest BCUT2D eigenvalue weighted by atomic mass is 19.1. The topological polar surface area (TPSA) is 61.4 Å². The van der Waals surface area contributed by atoms with Gasteiger partial charge in [0.1, 0.15) is 11.6 Å². The standard InChI is InChI=1S/C19H25F2N3O2/c1-3-19(6-7-22-2)10-24(11-19)12-8-14(20)17(15(21)9-12)13-4-5-16(25)23-18(13)26/h8-9,13,22H,3-7,10-11H2,1-2H3,(H,23,25,26). The Hall–Kier alpha value is -2.02. The summed E-state index contributed by atoms with van der Waals surface area (Å²) >= 11 is 0. The van der Waals surface area contributed by atoms with Crippen molar-refractivity contribution in [3.05, 3.63) is 29.3 Å². The molecular formula is C19H25F2N3O2. The summed E-state index contributed by atoms with van der Waals surface area (Å²) in [6, 6.07) is 2.61. The highest BCUT2D eigenvalue weighted by Crippen LogP contribution is 2.41. The Morgan fingerprint density at radius 3 is 2.46 bits per heavy atom. The molecular weight excluding hydrogens is 340 g/mol. The summed E-state index contributed by atoms with van der Waals surface area (Å²) in [7, 11) is 1.91. The number of carbonyl (C=O) groups is 2. The Bertz CT molecular complexity index is 694. The van der Waals surface area contributed by atoms with E-state index < -0.39 is 29.4 Å². The number of amides is 2. The molecule has 2 N–H and O–H groups in total. The van der Waals surface area contributed by atoms with E-state index >= 15 is 0 Å². The first kappa shape index (κ1) is 18.8. The quantitative estimate of drug-likeness (QED) is 0.760. The number of benzene rings is 1. The van der Waals surface area contributed by atoms with Gasteiger partial charge in [-0.15, -0.1) is 0 Å². The van der Waals surface area contributed by atoms with Crippen LogP contribution in [0.2, 0.25) is 0 Å². The largest absolute Gasteiger partial charge is 0.370 e. The third-order valence-corrected chi connectivity index (χ3v) is 5.72. The number of anilines is 1. The lowest BCUT2D eigenvalue weighted by Gasteiger charge is -2.51. The molecule has 26 heavy (non-hydrogen) atoms. The van der Waals surface area contributed by atoms with Crippen LogP contribution >= 0.6 is 0 Å². The minimum atomic E-state index is -0.955. The average molecular weight is 365 g/mol. The van der Waals surface area contributed by atoms with Gasteiger partial charge >= 0.3 is 0 Å². The maximum Gasteiger partial charge on any atom is 0.234 e. The fourth-order valence-corrected chi connectivity index (χ4v) is 3.95. The van der Waals surface area contributed by atoms with E-state index in [-0.39, 0.29) is 23.8 Å². The zero-order chi connectivity index (χ0) is 18.9. The fourth-order valence-electron chi connectivity index (χ4n) is 3.95. The van der Waals surface area contributed by atoms with Gasteiger partial charge in [-0.25, -0.2) is 8.78 Å². The monoisotopic (exact) mass is 365 g/mol. The predicted molar refractivity (Wildman–Crippen MR) is 95.0 cm³/mol. The van der Waals surface area contributed by atoms with Crippen LogP contribution in [0.5, 0.6) is 0 Å². The zero-order valence-corrected chi connectivity index (χ0v) is 15.2. The van der Waals surface area contributed by atoms with Gasteiger partial charge in [-0.2, -0.15) is 0 Å². The van der Waals surface area contributed by atoms with Crippen molar-refractivity contribution in [2.45, 2.75) is 38.5 Å². The highest BCUT2D eigenvalue weighted by molar-refractivity contribution is 6.01. The smallest absolute Gasteiger partial charge is 0.234 e. The molecule has 0 spiro atoms. The van der Waals surface area contributed by atoms with Crippen LogP contribution in [0.4, 0.5) is 14.5 Å². The Kier molecular flexibility index (Phi) is 5.27. The maximum atomic E-state index is 14.6. The molecule has 2 heterocycles. The summed E-state index contributed by atoms with van der Waals surface area (Å²) < 4.78 is 29.2. The second-order valence-electron chi connectivity index (χ2n) is 7.39. The SMILES string of the molecule is CCC1(CCNC)CN(c2cc(F)c(C3CCC(=O)NC3=O)c(F)c2)C1. The van der Waals surface area contributed by atoms with E-state index in [0.717, 1.165) is 32.5 Å². The first-order valence-electron chi connectivity index (χ1n) is 9.11. The van der Waals surface area contributed by atoms with E-state index in [9.17, 15) is 18.4 Å². The second kappa shape index (κ2) is 7.31. The Labute approximate surface area is 152 Å². The summed E-state index contributed by atoms with van der Waals surface area (Å²) in [6.45, 7) is 4.59. The lowest BCUT2D eigenvalue weighted by Crippen LogP contribution is -2.57. The first-order chi connectivity index (χ1) is 12.4. The van der Waals surface area contributed by atoms with E-state index in [1.165, 1.54) is 12.1 Å². The molecule has 7 heteroatoms.